The lowest BCUT2D eigenvalue weighted by Crippen LogP contribution is -2.63. The molecule has 1 heterocycles. The summed E-state index contributed by atoms with van der Waals surface area (Å²) in [5.74, 6) is -0.833. The largest absolute Gasteiger partial charge is 0.391 e. The maximum absolute atomic E-state index is 12.7. The van der Waals surface area contributed by atoms with Gasteiger partial charge in [0.25, 0.3) is 0 Å². The van der Waals surface area contributed by atoms with Crippen LogP contribution in [0.15, 0.2) is 0 Å². The number of hydrogen-bond acceptors (Lipinski definition) is 7. The smallest absolute Gasteiger partial charge is 0.245 e. The zero-order valence-electron chi connectivity index (χ0n) is 16.1. The first-order valence-corrected chi connectivity index (χ1v) is 9.11. The van der Waals surface area contributed by atoms with E-state index < -0.39 is 30.1 Å². The average molecular weight is 371 g/mol. The molecule has 1 unspecified atom stereocenters. The highest BCUT2D eigenvalue weighted by Gasteiger charge is 2.34. The SMILES string of the molecule is CC(=O)[C@H](CN)NC(=O)[C@@H](NC(=O)[C@@H]1CNCCN1CC(C)C)C(C)O. The third-order valence-electron chi connectivity index (χ3n) is 4.36. The van der Waals surface area contributed by atoms with Crippen molar-refractivity contribution in [3.63, 3.8) is 0 Å². The lowest BCUT2D eigenvalue weighted by molar-refractivity contribution is -0.136. The normalized spacial score (nSPS) is 21.7. The molecule has 0 radical (unpaired) electrons. The van der Waals surface area contributed by atoms with Gasteiger partial charge in [0.15, 0.2) is 5.78 Å². The highest BCUT2D eigenvalue weighted by Crippen LogP contribution is 2.08. The fourth-order valence-corrected chi connectivity index (χ4v) is 2.94. The molecule has 4 atom stereocenters. The van der Waals surface area contributed by atoms with Crippen LogP contribution in [0.2, 0.25) is 0 Å². The van der Waals surface area contributed by atoms with Crippen LogP contribution in [0.1, 0.15) is 27.7 Å². The van der Waals surface area contributed by atoms with Crippen LogP contribution >= 0.6 is 0 Å². The van der Waals surface area contributed by atoms with E-state index in [9.17, 15) is 19.5 Å². The van der Waals surface area contributed by atoms with Crippen LogP contribution in [0.25, 0.3) is 0 Å². The second kappa shape index (κ2) is 10.6. The molecule has 0 aromatic heterocycles. The van der Waals surface area contributed by atoms with Crippen LogP contribution in [0, 0.1) is 5.92 Å². The number of aliphatic hydroxyl groups is 1. The number of Topliss-reactive ketones (excluding diaryl/α,β-unsaturated/α-hetero) is 1. The van der Waals surface area contributed by atoms with Crippen molar-refractivity contribution in [1.29, 1.82) is 0 Å². The Morgan fingerprint density at radius 1 is 1.27 bits per heavy atom. The van der Waals surface area contributed by atoms with E-state index in [1.165, 1.54) is 13.8 Å². The summed E-state index contributed by atoms with van der Waals surface area (Å²) in [6.45, 7) is 9.64. The van der Waals surface area contributed by atoms with E-state index in [1.54, 1.807) is 0 Å². The molecule has 9 heteroatoms. The average Bonchev–Trinajstić information content (AvgIpc) is 2.56. The van der Waals surface area contributed by atoms with Gasteiger partial charge in [-0.2, -0.15) is 0 Å². The van der Waals surface area contributed by atoms with E-state index >= 15 is 0 Å². The minimum Gasteiger partial charge on any atom is -0.391 e. The number of nitrogens with two attached hydrogens (primary N) is 1. The second-order valence-electron chi connectivity index (χ2n) is 7.24. The van der Waals surface area contributed by atoms with Gasteiger partial charge in [-0.25, -0.2) is 0 Å². The van der Waals surface area contributed by atoms with Crippen molar-refractivity contribution in [2.24, 2.45) is 11.7 Å². The van der Waals surface area contributed by atoms with Gasteiger partial charge in [-0.05, 0) is 19.8 Å². The molecule has 0 aromatic carbocycles. The molecule has 0 saturated carbocycles. The zero-order valence-corrected chi connectivity index (χ0v) is 16.1. The van der Waals surface area contributed by atoms with E-state index in [1.807, 2.05) is 0 Å². The zero-order chi connectivity index (χ0) is 19.9. The number of amides is 2. The van der Waals surface area contributed by atoms with Crippen LogP contribution < -0.4 is 21.7 Å². The minimum atomic E-state index is -1.15. The van der Waals surface area contributed by atoms with Gasteiger partial charge < -0.3 is 26.8 Å². The Morgan fingerprint density at radius 3 is 2.42 bits per heavy atom. The summed E-state index contributed by atoms with van der Waals surface area (Å²) < 4.78 is 0. The summed E-state index contributed by atoms with van der Waals surface area (Å²) in [6, 6.07) is -2.41. The van der Waals surface area contributed by atoms with Gasteiger partial charge in [0.2, 0.25) is 11.8 Å². The van der Waals surface area contributed by atoms with Gasteiger partial charge >= 0.3 is 0 Å². The van der Waals surface area contributed by atoms with Crippen LogP contribution in [-0.2, 0) is 14.4 Å². The number of nitrogens with zero attached hydrogens (tertiary/aromatic N) is 1. The molecule has 1 rings (SSSR count). The molecular formula is C17H33N5O4. The van der Waals surface area contributed by atoms with Crippen molar-refractivity contribution in [2.45, 2.75) is 51.9 Å². The third-order valence-corrected chi connectivity index (χ3v) is 4.36. The predicted octanol–water partition coefficient (Wildman–Crippen LogP) is -2.19. The lowest BCUT2D eigenvalue weighted by Gasteiger charge is -2.37. The van der Waals surface area contributed by atoms with Crippen LogP contribution in [0.4, 0.5) is 0 Å². The number of rotatable bonds is 9. The Kier molecular flexibility index (Phi) is 9.14. The Labute approximate surface area is 155 Å². The predicted molar refractivity (Wildman–Crippen MR) is 98.3 cm³/mol. The third kappa shape index (κ3) is 6.64. The monoisotopic (exact) mass is 371 g/mol. The van der Waals surface area contributed by atoms with Gasteiger partial charge in [0.1, 0.15) is 12.1 Å². The highest BCUT2D eigenvalue weighted by molar-refractivity contribution is 5.93. The number of ketones is 1. The fraction of sp³-hybridized carbons (Fsp3) is 0.824. The summed E-state index contributed by atoms with van der Waals surface area (Å²) in [7, 11) is 0. The van der Waals surface area contributed by atoms with Crippen molar-refractivity contribution < 1.29 is 19.5 Å². The first-order valence-electron chi connectivity index (χ1n) is 9.11. The van der Waals surface area contributed by atoms with Gasteiger partial charge in [-0.1, -0.05) is 13.8 Å². The number of nitrogens with one attached hydrogen (secondary N) is 3. The highest BCUT2D eigenvalue weighted by atomic mass is 16.3. The van der Waals surface area contributed by atoms with E-state index in [2.05, 4.69) is 34.7 Å². The first kappa shape index (κ1) is 22.5. The Morgan fingerprint density at radius 2 is 1.92 bits per heavy atom. The van der Waals surface area contributed by atoms with Crippen molar-refractivity contribution in [3.8, 4) is 0 Å². The lowest BCUT2D eigenvalue weighted by atomic mass is 10.1. The maximum Gasteiger partial charge on any atom is 0.245 e. The second-order valence-corrected chi connectivity index (χ2v) is 7.24. The summed E-state index contributed by atoms with van der Waals surface area (Å²) in [4.78, 5) is 38.7. The van der Waals surface area contributed by atoms with Crippen LogP contribution in [0.5, 0.6) is 0 Å². The van der Waals surface area contributed by atoms with Gasteiger partial charge in [0, 0.05) is 32.7 Å². The molecule has 150 valence electrons. The Bertz CT molecular complexity index is 498. The molecule has 9 nitrogen and oxygen atoms in total. The van der Waals surface area contributed by atoms with Crippen molar-refractivity contribution in [3.05, 3.63) is 0 Å². The van der Waals surface area contributed by atoms with Gasteiger partial charge in [-0.3, -0.25) is 19.3 Å². The van der Waals surface area contributed by atoms with Crippen molar-refractivity contribution >= 4 is 17.6 Å². The molecule has 1 fully saturated rings. The van der Waals surface area contributed by atoms with Crippen molar-refractivity contribution in [1.82, 2.24) is 20.9 Å². The summed E-state index contributed by atoms with van der Waals surface area (Å²) in [6.07, 6.45) is -1.11. The standard InChI is InChI=1S/C17H33N5O4/c1-10(2)9-22-6-5-19-8-14(22)16(25)21-15(12(4)24)17(26)20-13(7-18)11(3)23/h10,12-15,19,24H,5-9,18H2,1-4H3,(H,20,26)(H,21,25)/t12?,13-,14-,15-/m0/s1. The van der Waals surface area contributed by atoms with Gasteiger partial charge in [0.05, 0.1) is 12.1 Å². The molecule has 0 aromatic rings. The molecule has 0 bridgehead atoms. The molecule has 1 aliphatic heterocycles. The minimum absolute atomic E-state index is 0.0454. The number of aliphatic hydroxyl groups excluding tert-OH is 1. The first-order chi connectivity index (χ1) is 12.2. The molecule has 0 spiro atoms. The number of carbonyl (C=O) groups is 3. The summed E-state index contributed by atoms with van der Waals surface area (Å²) in [5.41, 5.74) is 5.48. The Balaban J connectivity index is 2.79. The molecule has 6 N–H and O–H groups in total. The Hall–Kier alpha value is -1.55. The van der Waals surface area contributed by atoms with E-state index in [4.69, 9.17) is 5.73 Å². The molecule has 26 heavy (non-hydrogen) atoms. The topological polar surface area (TPSA) is 137 Å². The quantitative estimate of drug-likeness (QED) is 0.311. The van der Waals surface area contributed by atoms with Crippen LogP contribution in [-0.4, -0.2) is 84.6 Å². The fourth-order valence-electron chi connectivity index (χ4n) is 2.94. The molecular weight excluding hydrogens is 338 g/mol. The molecule has 0 aliphatic carbocycles. The van der Waals surface area contributed by atoms with E-state index in [0.717, 1.165) is 19.6 Å². The molecule has 1 saturated heterocycles. The van der Waals surface area contributed by atoms with Crippen molar-refractivity contribution in [2.75, 3.05) is 32.7 Å². The maximum atomic E-state index is 12.7. The number of hydrogen-bond donors (Lipinski definition) is 5. The molecule has 1 aliphatic rings. The van der Waals surface area contributed by atoms with Crippen LogP contribution in [0.3, 0.4) is 0 Å². The van der Waals surface area contributed by atoms with E-state index in [-0.39, 0.29) is 18.2 Å². The molecule has 2 amide bonds. The van der Waals surface area contributed by atoms with Gasteiger partial charge in [-0.15, -0.1) is 0 Å². The summed E-state index contributed by atoms with van der Waals surface area (Å²) in [5, 5.41) is 18.2. The number of piperazine rings is 1. The number of carbonyl (C=O) groups excluding carboxylic acids is 3. The summed E-state index contributed by atoms with van der Waals surface area (Å²) >= 11 is 0. The van der Waals surface area contributed by atoms with E-state index in [0.29, 0.717) is 12.5 Å².